The maximum Gasteiger partial charge on any atom is 0.271 e. The van der Waals surface area contributed by atoms with Crippen molar-refractivity contribution < 1.29 is 4.79 Å². The highest BCUT2D eigenvalue weighted by Crippen LogP contribution is 2.34. The number of benzene rings is 3. The fourth-order valence-corrected chi connectivity index (χ4v) is 4.15. The van der Waals surface area contributed by atoms with Crippen LogP contribution >= 0.6 is 11.6 Å². The molecule has 0 aliphatic carbocycles. The predicted octanol–water partition coefficient (Wildman–Crippen LogP) is 5.44. The van der Waals surface area contributed by atoms with Crippen molar-refractivity contribution in [3.63, 3.8) is 0 Å². The summed E-state index contributed by atoms with van der Waals surface area (Å²) in [5.41, 5.74) is 3.80. The normalized spacial score (nSPS) is 11.0. The van der Waals surface area contributed by atoms with E-state index >= 15 is 0 Å². The third-order valence-electron chi connectivity index (χ3n) is 5.58. The van der Waals surface area contributed by atoms with Crippen molar-refractivity contribution in [1.29, 1.82) is 0 Å². The number of aromatic nitrogens is 1. The fourth-order valence-electron chi connectivity index (χ4n) is 3.97. The third kappa shape index (κ3) is 3.87. The molecule has 0 N–H and O–H groups in total. The first-order valence-corrected chi connectivity index (χ1v) is 10.4. The van der Waals surface area contributed by atoms with Crippen LogP contribution in [0.15, 0.2) is 77.6 Å². The minimum atomic E-state index is -0.222. The summed E-state index contributed by atoms with van der Waals surface area (Å²) >= 11 is 6.31. The molecule has 0 saturated heterocycles. The average Bonchev–Trinajstić information content (AvgIpc) is 2.77. The number of nitrogens with zero attached hydrogens (tertiary/aromatic N) is 2. The lowest BCUT2D eigenvalue weighted by Crippen LogP contribution is -2.33. The Morgan fingerprint density at radius 2 is 1.65 bits per heavy atom. The molecule has 4 aromatic rings. The van der Waals surface area contributed by atoms with Crippen molar-refractivity contribution in [2.45, 2.75) is 13.5 Å². The predicted molar refractivity (Wildman–Crippen MR) is 127 cm³/mol. The van der Waals surface area contributed by atoms with Crippen molar-refractivity contribution in [3.05, 3.63) is 105 Å². The summed E-state index contributed by atoms with van der Waals surface area (Å²) in [7, 11) is 3.41. The van der Waals surface area contributed by atoms with Crippen LogP contribution in [0.25, 0.3) is 21.9 Å². The van der Waals surface area contributed by atoms with Crippen LogP contribution in [0.2, 0.25) is 5.02 Å². The van der Waals surface area contributed by atoms with Crippen LogP contribution in [0.4, 0.5) is 0 Å². The molecule has 31 heavy (non-hydrogen) atoms. The van der Waals surface area contributed by atoms with Gasteiger partial charge in [-0.1, -0.05) is 66.2 Å². The number of hydrogen-bond donors (Lipinski definition) is 0. The lowest BCUT2D eigenvalue weighted by Gasteiger charge is -2.23. The van der Waals surface area contributed by atoms with Crippen LogP contribution in [-0.2, 0) is 13.6 Å². The highest BCUT2D eigenvalue weighted by molar-refractivity contribution is 6.31. The highest BCUT2D eigenvalue weighted by Gasteiger charge is 2.25. The Kier molecular flexibility index (Phi) is 5.66. The quantitative estimate of drug-likeness (QED) is 0.432. The molecule has 0 bridgehead atoms. The molecule has 3 aromatic carbocycles. The summed E-state index contributed by atoms with van der Waals surface area (Å²) in [4.78, 5) is 28.5. The molecule has 0 radical (unpaired) electrons. The molecule has 156 valence electrons. The van der Waals surface area contributed by atoms with E-state index in [2.05, 4.69) is 0 Å². The smallest absolute Gasteiger partial charge is 0.271 e. The van der Waals surface area contributed by atoms with Gasteiger partial charge in [0.1, 0.15) is 5.69 Å². The lowest BCUT2D eigenvalue weighted by atomic mass is 9.93. The number of pyridine rings is 1. The minimum absolute atomic E-state index is 0.219. The van der Waals surface area contributed by atoms with E-state index in [0.29, 0.717) is 28.0 Å². The summed E-state index contributed by atoms with van der Waals surface area (Å²) in [6, 6.07) is 22.9. The molecule has 0 saturated carbocycles. The number of hydrogen-bond acceptors (Lipinski definition) is 2. The van der Waals surface area contributed by atoms with Crippen molar-refractivity contribution >= 4 is 28.3 Å². The molecular formula is C26H23ClN2O2. The summed E-state index contributed by atoms with van der Waals surface area (Å²) in [6.45, 7) is 2.44. The van der Waals surface area contributed by atoms with E-state index < -0.39 is 0 Å². The first-order chi connectivity index (χ1) is 14.9. The standard InChI is InChI=1S/C26H23ClN2O2/c1-17-9-7-8-12-20(17)23-22-15-19(27)13-14-21(22)25(30)29(3)24(23)26(31)28(2)16-18-10-5-4-6-11-18/h4-15H,16H2,1-3H3. The second-order valence-electron chi connectivity index (χ2n) is 7.74. The number of carbonyl (C=O) groups is 1. The van der Waals surface area contributed by atoms with Gasteiger partial charge in [-0.3, -0.25) is 9.59 Å². The molecule has 0 unspecified atom stereocenters. The number of carbonyl (C=O) groups excluding carboxylic acids is 1. The molecule has 0 atom stereocenters. The van der Waals surface area contributed by atoms with Gasteiger partial charge in [0, 0.05) is 36.6 Å². The van der Waals surface area contributed by atoms with E-state index in [1.807, 2.05) is 61.5 Å². The second kappa shape index (κ2) is 8.40. The maximum atomic E-state index is 13.7. The van der Waals surface area contributed by atoms with Gasteiger partial charge in [-0.05, 0) is 47.2 Å². The van der Waals surface area contributed by atoms with E-state index in [4.69, 9.17) is 11.6 Å². The van der Waals surface area contributed by atoms with Crippen molar-refractivity contribution in [1.82, 2.24) is 9.47 Å². The Balaban J connectivity index is 1.99. The second-order valence-corrected chi connectivity index (χ2v) is 8.18. The first-order valence-electron chi connectivity index (χ1n) is 10.1. The van der Waals surface area contributed by atoms with E-state index in [1.54, 1.807) is 37.2 Å². The molecule has 4 rings (SSSR count). The molecule has 0 aliphatic heterocycles. The van der Waals surface area contributed by atoms with Gasteiger partial charge < -0.3 is 9.47 Å². The van der Waals surface area contributed by atoms with Crippen LogP contribution in [0.5, 0.6) is 0 Å². The molecule has 1 amide bonds. The molecule has 4 nitrogen and oxygen atoms in total. The monoisotopic (exact) mass is 430 g/mol. The Bertz CT molecular complexity index is 1340. The van der Waals surface area contributed by atoms with E-state index in [-0.39, 0.29) is 11.5 Å². The number of aryl methyl sites for hydroxylation is 1. The van der Waals surface area contributed by atoms with Crippen LogP contribution in [0.1, 0.15) is 21.6 Å². The van der Waals surface area contributed by atoms with Gasteiger partial charge >= 0.3 is 0 Å². The highest BCUT2D eigenvalue weighted by atomic mass is 35.5. The van der Waals surface area contributed by atoms with E-state index in [1.165, 1.54) is 4.57 Å². The molecule has 1 aromatic heterocycles. The van der Waals surface area contributed by atoms with Crippen LogP contribution in [0.3, 0.4) is 0 Å². The molecule has 1 heterocycles. The van der Waals surface area contributed by atoms with Gasteiger partial charge in [-0.25, -0.2) is 0 Å². The zero-order valence-corrected chi connectivity index (χ0v) is 18.5. The van der Waals surface area contributed by atoms with E-state index in [0.717, 1.165) is 22.3 Å². The lowest BCUT2D eigenvalue weighted by molar-refractivity contribution is 0.0775. The summed E-state index contributed by atoms with van der Waals surface area (Å²) < 4.78 is 1.46. The Hall–Kier alpha value is -3.37. The van der Waals surface area contributed by atoms with Crippen LogP contribution in [-0.4, -0.2) is 22.4 Å². The van der Waals surface area contributed by atoms with Gasteiger partial charge in [0.05, 0.1) is 0 Å². The number of halogens is 1. The average molecular weight is 431 g/mol. The van der Waals surface area contributed by atoms with Crippen LogP contribution in [0, 0.1) is 6.92 Å². The molecule has 0 fully saturated rings. The molecule has 0 spiro atoms. The molecular weight excluding hydrogens is 408 g/mol. The van der Waals surface area contributed by atoms with Gasteiger partial charge in [0.2, 0.25) is 0 Å². The SMILES string of the molecule is Cc1ccccc1-c1c(C(=O)N(C)Cc2ccccc2)n(C)c(=O)c2ccc(Cl)cc12. The number of amides is 1. The van der Waals surface area contributed by atoms with Gasteiger partial charge in [0.25, 0.3) is 11.5 Å². The zero-order chi connectivity index (χ0) is 22.1. The number of fused-ring (bicyclic) bond motifs is 1. The van der Waals surface area contributed by atoms with Gasteiger partial charge in [-0.2, -0.15) is 0 Å². The zero-order valence-electron chi connectivity index (χ0n) is 17.7. The Morgan fingerprint density at radius 3 is 2.35 bits per heavy atom. The molecule has 5 heteroatoms. The first kappa shape index (κ1) is 20.9. The largest absolute Gasteiger partial charge is 0.336 e. The summed E-state index contributed by atoms with van der Waals surface area (Å²) in [5, 5.41) is 1.74. The van der Waals surface area contributed by atoms with Crippen molar-refractivity contribution in [3.8, 4) is 11.1 Å². The topological polar surface area (TPSA) is 42.3 Å². The van der Waals surface area contributed by atoms with Gasteiger partial charge in [0.15, 0.2) is 0 Å². The van der Waals surface area contributed by atoms with E-state index in [9.17, 15) is 9.59 Å². The van der Waals surface area contributed by atoms with Gasteiger partial charge in [-0.15, -0.1) is 0 Å². The Labute approximate surface area is 186 Å². The van der Waals surface area contributed by atoms with Crippen molar-refractivity contribution in [2.75, 3.05) is 7.05 Å². The fraction of sp³-hybridized carbons (Fsp3) is 0.154. The summed E-state index contributed by atoms with van der Waals surface area (Å²) in [6.07, 6.45) is 0. The minimum Gasteiger partial charge on any atom is -0.336 e. The molecule has 0 aliphatic rings. The Morgan fingerprint density at radius 1 is 0.968 bits per heavy atom. The summed E-state index contributed by atoms with van der Waals surface area (Å²) in [5.74, 6) is -0.219. The third-order valence-corrected chi connectivity index (χ3v) is 5.82. The van der Waals surface area contributed by atoms with Crippen LogP contribution < -0.4 is 5.56 Å². The number of rotatable bonds is 4. The van der Waals surface area contributed by atoms with Crippen molar-refractivity contribution in [2.24, 2.45) is 7.05 Å². The maximum absolute atomic E-state index is 13.7.